The predicted octanol–water partition coefficient (Wildman–Crippen LogP) is 3.32. The fraction of sp³-hybridized carbons (Fsp3) is 0.474. The Bertz CT molecular complexity index is 689. The van der Waals surface area contributed by atoms with E-state index >= 15 is 0 Å². The minimum atomic E-state index is 0.556. The Morgan fingerprint density at radius 1 is 1.00 bits per heavy atom. The number of aryl methyl sites for hydroxylation is 2. The zero-order valence-electron chi connectivity index (χ0n) is 15.2. The summed E-state index contributed by atoms with van der Waals surface area (Å²) in [5.74, 6) is 1.33. The highest BCUT2D eigenvalue weighted by Gasteiger charge is 2.11. The van der Waals surface area contributed by atoms with Gasteiger partial charge in [0.05, 0.1) is 0 Å². The maximum Gasteiger partial charge on any atom is 0.159 e. The highest BCUT2D eigenvalue weighted by molar-refractivity contribution is 5.77. The number of hydrogen-bond acceptors (Lipinski definition) is 6. The van der Waals surface area contributed by atoms with Crippen LogP contribution in [-0.2, 0) is 0 Å². The van der Waals surface area contributed by atoms with E-state index in [0.717, 1.165) is 18.8 Å². The van der Waals surface area contributed by atoms with Gasteiger partial charge < -0.3 is 21.3 Å². The highest BCUT2D eigenvalue weighted by Crippen LogP contribution is 2.26. The quantitative estimate of drug-likeness (QED) is 0.749. The molecule has 0 amide bonds. The maximum atomic E-state index is 6.26. The molecule has 1 saturated heterocycles. The van der Waals surface area contributed by atoms with Crippen LogP contribution in [0.5, 0.6) is 0 Å². The maximum absolute atomic E-state index is 6.26. The van der Waals surface area contributed by atoms with Gasteiger partial charge in [-0.3, -0.25) is 0 Å². The van der Waals surface area contributed by atoms with E-state index in [1.54, 1.807) is 6.33 Å². The van der Waals surface area contributed by atoms with Crippen LogP contribution in [0.4, 0.5) is 23.0 Å². The molecule has 6 heteroatoms. The van der Waals surface area contributed by atoms with Crippen molar-refractivity contribution in [2.45, 2.75) is 33.1 Å². The first-order valence-corrected chi connectivity index (χ1v) is 9.04. The Balaban J connectivity index is 1.63. The standard InChI is InChI=1S/C19H28N6/c1-14-10-15(2)12-16(11-14)24-19-17(20)18(22-13-23-19)21-6-9-25-7-4-3-5-8-25/h10-13H,3-9,20H2,1-2H3,(H2,21,22,23,24). The van der Waals surface area contributed by atoms with E-state index < -0.39 is 0 Å². The number of anilines is 4. The fourth-order valence-corrected chi connectivity index (χ4v) is 3.34. The van der Waals surface area contributed by atoms with Gasteiger partial charge in [0.25, 0.3) is 0 Å². The number of rotatable bonds is 6. The Morgan fingerprint density at radius 2 is 1.68 bits per heavy atom. The van der Waals surface area contributed by atoms with Crippen molar-refractivity contribution in [2.75, 3.05) is 42.5 Å². The van der Waals surface area contributed by atoms with Crippen molar-refractivity contribution in [1.82, 2.24) is 14.9 Å². The lowest BCUT2D eigenvalue weighted by Crippen LogP contribution is -2.33. The smallest absolute Gasteiger partial charge is 0.159 e. The van der Waals surface area contributed by atoms with Gasteiger partial charge in [-0.1, -0.05) is 12.5 Å². The molecule has 1 aromatic carbocycles. The van der Waals surface area contributed by atoms with Crippen molar-refractivity contribution in [3.63, 3.8) is 0 Å². The van der Waals surface area contributed by atoms with Crippen LogP contribution in [0.15, 0.2) is 24.5 Å². The molecule has 6 nitrogen and oxygen atoms in total. The third-order valence-corrected chi connectivity index (χ3v) is 4.54. The number of nitrogen functional groups attached to an aromatic ring is 1. The van der Waals surface area contributed by atoms with Crippen LogP contribution in [0.3, 0.4) is 0 Å². The van der Waals surface area contributed by atoms with Crippen molar-refractivity contribution < 1.29 is 0 Å². The summed E-state index contributed by atoms with van der Waals surface area (Å²) >= 11 is 0. The van der Waals surface area contributed by atoms with Gasteiger partial charge in [-0.05, 0) is 63.0 Å². The Labute approximate surface area is 149 Å². The van der Waals surface area contributed by atoms with Gasteiger partial charge in [-0.15, -0.1) is 0 Å². The molecule has 1 fully saturated rings. The molecule has 0 aliphatic carbocycles. The lowest BCUT2D eigenvalue weighted by Gasteiger charge is -2.26. The number of hydrogen-bond donors (Lipinski definition) is 3. The monoisotopic (exact) mass is 340 g/mol. The molecular weight excluding hydrogens is 312 g/mol. The summed E-state index contributed by atoms with van der Waals surface area (Å²) in [4.78, 5) is 11.1. The number of nitrogens with two attached hydrogens (primary N) is 1. The molecule has 25 heavy (non-hydrogen) atoms. The fourth-order valence-electron chi connectivity index (χ4n) is 3.34. The van der Waals surface area contributed by atoms with Gasteiger partial charge in [0.2, 0.25) is 0 Å². The molecule has 0 bridgehead atoms. The summed E-state index contributed by atoms with van der Waals surface area (Å²) in [5.41, 5.74) is 10.2. The molecule has 1 aliphatic heterocycles. The Morgan fingerprint density at radius 3 is 2.40 bits per heavy atom. The summed E-state index contributed by atoms with van der Waals surface area (Å²) in [6.45, 7) is 8.40. The number of nitrogens with zero attached hydrogens (tertiary/aromatic N) is 3. The van der Waals surface area contributed by atoms with Gasteiger partial charge in [-0.2, -0.15) is 0 Å². The van der Waals surface area contributed by atoms with Crippen molar-refractivity contribution in [3.05, 3.63) is 35.7 Å². The molecule has 2 heterocycles. The number of aromatic nitrogens is 2. The van der Waals surface area contributed by atoms with E-state index in [2.05, 4.69) is 57.5 Å². The van der Waals surface area contributed by atoms with Crippen molar-refractivity contribution in [2.24, 2.45) is 0 Å². The molecule has 134 valence electrons. The molecule has 0 unspecified atom stereocenters. The molecule has 1 aromatic heterocycles. The van der Waals surface area contributed by atoms with E-state index in [9.17, 15) is 0 Å². The third-order valence-electron chi connectivity index (χ3n) is 4.54. The Kier molecular flexibility index (Phi) is 5.71. The molecule has 3 rings (SSSR count). The first kappa shape index (κ1) is 17.5. The number of benzene rings is 1. The first-order chi connectivity index (χ1) is 12.1. The van der Waals surface area contributed by atoms with Gasteiger partial charge >= 0.3 is 0 Å². The Hall–Kier alpha value is -2.34. The van der Waals surface area contributed by atoms with Crippen LogP contribution in [0.2, 0.25) is 0 Å². The molecule has 1 aliphatic rings. The van der Waals surface area contributed by atoms with Crippen molar-refractivity contribution in [3.8, 4) is 0 Å². The summed E-state index contributed by atoms with van der Waals surface area (Å²) in [5, 5.41) is 6.66. The summed E-state index contributed by atoms with van der Waals surface area (Å²) in [7, 11) is 0. The van der Waals surface area contributed by atoms with E-state index in [1.807, 2.05) is 0 Å². The van der Waals surface area contributed by atoms with Crippen LogP contribution in [-0.4, -0.2) is 41.0 Å². The van der Waals surface area contributed by atoms with Crippen molar-refractivity contribution in [1.29, 1.82) is 0 Å². The topological polar surface area (TPSA) is 79.1 Å². The highest BCUT2D eigenvalue weighted by atomic mass is 15.2. The van der Waals surface area contributed by atoms with Crippen molar-refractivity contribution >= 4 is 23.0 Å². The van der Waals surface area contributed by atoms with Crippen LogP contribution in [0.25, 0.3) is 0 Å². The van der Waals surface area contributed by atoms with E-state index in [1.165, 1.54) is 43.5 Å². The SMILES string of the molecule is Cc1cc(C)cc(Nc2ncnc(NCCN3CCCCC3)c2N)c1. The summed E-state index contributed by atoms with van der Waals surface area (Å²) < 4.78 is 0. The lowest BCUT2D eigenvalue weighted by molar-refractivity contribution is 0.237. The molecule has 2 aromatic rings. The average molecular weight is 340 g/mol. The molecule has 0 radical (unpaired) electrons. The zero-order chi connectivity index (χ0) is 17.6. The van der Waals surface area contributed by atoms with E-state index in [4.69, 9.17) is 5.73 Å². The third kappa shape index (κ3) is 4.82. The summed E-state index contributed by atoms with van der Waals surface area (Å²) in [6, 6.07) is 6.30. The van der Waals surface area contributed by atoms with Gasteiger partial charge in [0, 0.05) is 18.8 Å². The average Bonchev–Trinajstić information content (AvgIpc) is 2.58. The van der Waals surface area contributed by atoms with Crippen LogP contribution in [0, 0.1) is 13.8 Å². The minimum absolute atomic E-state index is 0.556. The second-order valence-electron chi connectivity index (χ2n) is 6.82. The zero-order valence-corrected chi connectivity index (χ0v) is 15.2. The van der Waals surface area contributed by atoms with Gasteiger partial charge in [0.1, 0.15) is 12.0 Å². The van der Waals surface area contributed by atoms with Gasteiger partial charge in [0.15, 0.2) is 11.6 Å². The predicted molar refractivity (Wildman–Crippen MR) is 104 cm³/mol. The summed E-state index contributed by atoms with van der Waals surface area (Å²) in [6.07, 6.45) is 5.51. The number of likely N-dealkylation sites (tertiary alicyclic amines) is 1. The largest absolute Gasteiger partial charge is 0.393 e. The molecule has 0 atom stereocenters. The second-order valence-corrected chi connectivity index (χ2v) is 6.82. The van der Waals surface area contributed by atoms with E-state index in [-0.39, 0.29) is 0 Å². The number of piperidine rings is 1. The van der Waals surface area contributed by atoms with Crippen LogP contribution >= 0.6 is 0 Å². The van der Waals surface area contributed by atoms with Gasteiger partial charge in [-0.25, -0.2) is 9.97 Å². The van der Waals surface area contributed by atoms with E-state index in [0.29, 0.717) is 17.3 Å². The molecule has 4 N–H and O–H groups in total. The molecular formula is C19H28N6. The minimum Gasteiger partial charge on any atom is -0.393 e. The lowest BCUT2D eigenvalue weighted by atomic mass is 10.1. The first-order valence-electron chi connectivity index (χ1n) is 9.04. The number of nitrogens with one attached hydrogen (secondary N) is 2. The van der Waals surface area contributed by atoms with Crippen LogP contribution < -0.4 is 16.4 Å². The molecule has 0 spiro atoms. The van der Waals surface area contributed by atoms with Crippen LogP contribution in [0.1, 0.15) is 30.4 Å². The second kappa shape index (κ2) is 8.16. The normalized spacial score (nSPS) is 15.1. The molecule has 0 saturated carbocycles.